The van der Waals surface area contributed by atoms with Crippen molar-refractivity contribution in [2.45, 2.75) is 6.92 Å². The van der Waals surface area contributed by atoms with Gasteiger partial charge in [0.1, 0.15) is 5.75 Å². The molecule has 2 aromatic carbocycles. The number of anilines is 2. The van der Waals surface area contributed by atoms with Crippen LogP contribution in [-0.2, 0) is 4.74 Å². The number of carbonyl (C=O) groups excluding carboxylic acids is 1. The van der Waals surface area contributed by atoms with Gasteiger partial charge in [-0.1, -0.05) is 0 Å². The second-order valence-corrected chi connectivity index (χ2v) is 5.85. The molecule has 27 heavy (non-hydrogen) atoms. The Balaban J connectivity index is 1.80. The number of carbonyl (C=O) groups is 1. The summed E-state index contributed by atoms with van der Waals surface area (Å²) in [4.78, 5) is 16.4. The van der Waals surface area contributed by atoms with Gasteiger partial charge in [-0.2, -0.15) is 0 Å². The molecule has 0 bridgehead atoms. The SMILES string of the molecule is CCOc1ccc2nc(C(=O)OC)cc(Nc3ccc4c(c3)OCO4)c2c1. The van der Waals surface area contributed by atoms with Crippen LogP contribution in [0, 0.1) is 0 Å². The van der Waals surface area contributed by atoms with Crippen molar-refractivity contribution in [1.29, 1.82) is 0 Å². The van der Waals surface area contributed by atoms with Crippen molar-refractivity contribution in [3.05, 3.63) is 48.2 Å². The number of esters is 1. The number of fused-ring (bicyclic) bond motifs is 2. The van der Waals surface area contributed by atoms with E-state index in [9.17, 15) is 4.79 Å². The number of pyridine rings is 1. The van der Waals surface area contributed by atoms with E-state index in [1.807, 2.05) is 43.3 Å². The molecule has 7 nitrogen and oxygen atoms in total. The van der Waals surface area contributed by atoms with Crippen molar-refractivity contribution in [3.63, 3.8) is 0 Å². The Bertz CT molecular complexity index is 1020. The third kappa shape index (κ3) is 3.31. The Morgan fingerprint density at radius 3 is 2.81 bits per heavy atom. The highest BCUT2D eigenvalue weighted by molar-refractivity contribution is 5.99. The summed E-state index contributed by atoms with van der Waals surface area (Å²) in [6.07, 6.45) is 0. The molecule has 0 saturated carbocycles. The second kappa shape index (κ2) is 7.03. The molecular weight excluding hydrogens is 348 g/mol. The molecule has 7 heteroatoms. The van der Waals surface area contributed by atoms with Crippen LogP contribution in [0.3, 0.4) is 0 Å². The summed E-state index contributed by atoms with van der Waals surface area (Å²) in [6.45, 7) is 2.69. The third-order valence-corrected chi connectivity index (χ3v) is 4.14. The van der Waals surface area contributed by atoms with Gasteiger partial charge in [-0.05, 0) is 43.3 Å². The molecule has 0 atom stereocenters. The van der Waals surface area contributed by atoms with Gasteiger partial charge in [0.2, 0.25) is 6.79 Å². The molecule has 0 saturated heterocycles. The molecule has 2 heterocycles. The van der Waals surface area contributed by atoms with E-state index < -0.39 is 5.97 Å². The van der Waals surface area contributed by atoms with Crippen LogP contribution in [-0.4, -0.2) is 31.5 Å². The number of aromatic nitrogens is 1. The predicted molar refractivity (Wildman–Crippen MR) is 100 cm³/mol. The molecule has 1 aliphatic heterocycles. The van der Waals surface area contributed by atoms with E-state index in [0.717, 1.165) is 16.8 Å². The maximum atomic E-state index is 12.0. The summed E-state index contributed by atoms with van der Waals surface area (Å²) in [5.41, 5.74) is 2.38. The normalized spacial score (nSPS) is 12.1. The van der Waals surface area contributed by atoms with E-state index in [4.69, 9.17) is 18.9 Å². The summed E-state index contributed by atoms with van der Waals surface area (Å²) in [5.74, 6) is 1.60. The van der Waals surface area contributed by atoms with Crippen LogP contribution in [0.4, 0.5) is 11.4 Å². The lowest BCUT2D eigenvalue weighted by Gasteiger charge is -2.13. The van der Waals surface area contributed by atoms with Gasteiger partial charge in [-0.15, -0.1) is 0 Å². The van der Waals surface area contributed by atoms with Crippen molar-refractivity contribution < 1.29 is 23.7 Å². The largest absolute Gasteiger partial charge is 0.494 e. The van der Waals surface area contributed by atoms with Crippen LogP contribution in [0.5, 0.6) is 17.2 Å². The van der Waals surface area contributed by atoms with Crippen LogP contribution < -0.4 is 19.5 Å². The smallest absolute Gasteiger partial charge is 0.356 e. The van der Waals surface area contributed by atoms with Gasteiger partial charge in [0.25, 0.3) is 0 Å². The van der Waals surface area contributed by atoms with Gasteiger partial charge in [-0.25, -0.2) is 9.78 Å². The first kappa shape index (κ1) is 17.0. The molecule has 1 aliphatic rings. The number of methoxy groups -OCH3 is 1. The molecule has 0 fully saturated rings. The first-order valence-electron chi connectivity index (χ1n) is 8.50. The van der Waals surface area contributed by atoms with Gasteiger partial charge < -0.3 is 24.3 Å². The van der Waals surface area contributed by atoms with E-state index in [-0.39, 0.29) is 12.5 Å². The molecule has 0 aliphatic carbocycles. The highest BCUT2D eigenvalue weighted by atomic mass is 16.7. The Morgan fingerprint density at radius 2 is 2.00 bits per heavy atom. The summed E-state index contributed by atoms with van der Waals surface area (Å²) in [5, 5.41) is 4.15. The predicted octanol–water partition coefficient (Wildman–Crippen LogP) is 3.89. The van der Waals surface area contributed by atoms with E-state index >= 15 is 0 Å². The van der Waals surface area contributed by atoms with Crippen molar-refractivity contribution in [2.75, 3.05) is 25.8 Å². The number of nitrogens with zero attached hydrogens (tertiary/aromatic N) is 1. The zero-order valence-corrected chi connectivity index (χ0v) is 14.9. The Kier molecular flexibility index (Phi) is 4.42. The Hall–Kier alpha value is -3.48. The monoisotopic (exact) mass is 366 g/mol. The van der Waals surface area contributed by atoms with Gasteiger partial charge >= 0.3 is 5.97 Å². The fourth-order valence-electron chi connectivity index (χ4n) is 2.90. The Morgan fingerprint density at radius 1 is 1.15 bits per heavy atom. The second-order valence-electron chi connectivity index (χ2n) is 5.85. The highest BCUT2D eigenvalue weighted by Gasteiger charge is 2.16. The lowest BCUT2D eigenvalue weighted by Crippen LogP contribution is -2.06. The fraction of sp³-hybridized carbons (Fsp3) is 0.200. The maximum Gasteiger partial charge on any atom is 0.356 e. The molecular formula is C20H18N2O5. The number of nitrogens with one attached hydrogen (secondary N) is 1. The molecule has 0 amide bonds. The van der Waals surface area contributed by atoms with Crippen molar-refractivity contribution in [3.8, 4) is 17.2 Å². The van der Waals surface area contributed by atoms with Crippen molar-refractivity contribution in [2.24, 2.45) is 0 Å². The fourth-order valence-corrected chi connectivity index (χ4v) is 2.90. The molecule has 138 valence electrons. The third-order valence-electron chi connectivity index (χ3n) is 4.14. The first-order valence-corrected chi connectivity index (χ1v) is 8.50. The zero-order valence-electron chi connectivity index (χ0n) is 14.9. The number of rotatable bonds is 5. The molecule has 0 spiro atoms. The number of ether oxygens (including phenoxy) is 4. The van der Waals surface area contributed by atoms with E-state index in [1.165, 1.54) is 7.11 Å². The van der Waals surface area contributed by atoms with Crippen LogP contribution in [0.2, 0.25) is 0 Å². The van der Waals surface area contributed by atoms with E-state index in [2.05, 4.69) is 10.3 Å². The molecule has 0 radical (unpaired) electrons. The van der Waals surface area contributed by atoms with Gasteiger partial charge in [0.05, 0.1) is 24.9 Å². The highest BCUT2D eigenvalue weighted by Crippen LogP contribution is 2.36. The lowest BCUT2D eigenvalue weighted by molar-refractivity contribution is 0.0594. The van der Waals surface area contributed by atoms with E-state index in [0.29, 0.717) is 29.3 Å². The zero-order chi connectivity index (χ0) is 18.8. The molecule has 0 unspecified atom stereocenters. The van der Waals surface area contributed by atoms with Crippen LogP contribution >= 0.6 is 0 Å². The van der Waals surface area contributed by atoms with Crippen LogP contribution in [0.15, 0.2) is 42.5 Å². The summed E-state index contributed by atoms with van der Waals surface area (Å²) < 4.78 is 21.2. The summed E-state index contributed by atoms with van der Waals surface area (Å²) in [7, 11) is 1.33. The minimum Gasteiger partial charge on any atom is -0.494 e. The van der Waals surface area contributed by atoms with Crippen molar-refractivity contribution >= 4 is 28.2 Å². The quantitative estimate of drug-likeness (QED) is 0.686. The standard InChI is InChI=1S/C20H18N2O5/c1-3-25-13-5-6-15-14(9-13)16(10-17(22-15)20(23)24-2)21-12-4-7-18-19(8-12)27-11-26-18/h4-10H,3,11H2,1-2H3,(H,21,22). The number of benzene rings is 2. The Labute approximate surface area is 155 Å². The number of hydrogen-bond acceptors (Lipinski definition) is 7. The van der Waals surface area contributed by atoms with Gasteiger partial charge in [0.15, 0.2) is 17.2 Å². The number of hydrogen-bond donors (Lipinski definition) is 1. The summed E-state index contributed by atoms with van der Waals surface area (Å²) in [6, 6.07) is 12.8. The molecule has 3 aromatic rings. The average molecular weight is 366 g/mol. The van der Waals surface area contributed by atoms with Crippen molar-refractivity contribution in [1.82, 2.24) is 4.98 Å². The van der Waals surface area contributed by atoms with E-state index in [1.54, 1.807) is 6.07 Å². The molecule has 1 aromatic heterocycles. The molecule has 1 N–H and O–H groups in total. The van der Waals surface area contributed by atoms with Crippen LogP contribution in [0.1, 0.15) is 17.4 Å². The maximum absolute atomic E-state index is 12.0. The summed E-state index contributed by atoms with van der Waals surface area (Å²) >= 11 is 0. The minimum absolute atomic E-state index is 0.210. The minimum atomic E-state index is -0.500. The first-order chi connectivity index (χ1) is 13.2. The topological polar surface area (TPSA) is 78.9 Å². The molecule has 4 rings (SSSR count). The van der Waals surface area contributed by atoms with Gasteiger partial charge in [0, 0.05) is 17.1 Å². The van der Waals surface area contributed by atoms with Crippen LogP contribution in [0.25, 0.3) is 10.9 Å². The average Bonchev–Trinajstić information content (AvgIpc) is 3.15. The van der Waals surface area contributed by atoms with Gasteiger partial charge in [-0.3, -0.25) is 0 Å². The lowest BCUT2D eigenvalue weighted by atomic mass is 10.1.